The maximum atomic E-state index is 12.7. The zero-order valence-corrected chi connectivity index (χ0v) is 16.6. The van der Waals surface area contributed by atoms with Gasteiger partial charge in [-0.3, -0.25) is 9.52 Å². The van der Waals surface area contributed by atoms with E-state index in [0.29, 0.717) is 17.9 Å². The van der Waals surface area contributed by atoms with Gasteiger partial charge in [0.2, 0.25) is 0 Å². The number of amides is 1. The number of nitrogens with one attached hydrogen (secondary N) is 3. The summed E-state index contributed by atoms with van der Waals surface area (Å²) in [5.74, 6) is 0.307. The number of carbonyl (C=O) groups is 1. The highest BCUT2D eigenvalue weighted by Crippen LogP contribution is 2.24. The van der Waals surface area contributed by atoms with Crippen molar-refractivity contribution in [2.75, 3.05) is 42.3 Å². The fraction of sp³-hybridized carbons (Fsp3) is 0.368. The minimum Gasteiger partial charge on any atom is -0.353 e. The Bertz CT molecular complexity index is 912. The first-order valence-electron chi connectivity index (χ1n) is 9.33. The molecule has 1 aromatic carbocycles. The third-order valence-electron chi connectivity index (χ3n) is 4.37. The first-order chi connectivity index (χ1) is 13.5. The standard InChI is InChI=1S/C19H25N5O3S/c1-2-8-21-19(25)17-13-15(14-22-18(17)24-11-9-20-10-12-24)23-28(26,27)16-6-4-3-5-7-16/h3-7,13-14,20,23H,2,8-12H2,1H3,(H,21,25). The number of hydrogen-bond donors (Lipinski definition) is 3. The minimum absolute atomic E-state index is 0.151. The van der Waals surface area contributed by atoms with E-state index in [1.54, 1.807) is 24.3 Å². The molecule has 1 aliphatic rings. The van der Waals surface area contributed by atoms with Crippen molar-refractivity contribution in [3.05, 3.63) is 48.2 Å². The molecular formula is C19H25N5O3S. The van der Waals surface area contributed by atoms with E-state index in [9.17, 15) is 13.2 Å². The highest BCUT2D eigenvalue weighted by molar-refractivity contribution is 7.92. The Morgan fingerprint density at radius 1 is 1.21 bits per heavy atom. The maximum Gasteiger partial charge on any atom is 0.261 e. The van der Waals surface area contributed by atoms with Gasteiger partial charge in [-0.25, -0.2) is 13.4 Å². The van der Waals surface area contributed by atoms with Crippen LogP contribution in [-0.4, -0.2) is 52.0 Å². The largest absolute Gasteiger partial charge is 0.353 e. The number of carbonyl (C=O) groups excluding carboxylic acids is 1. The van der Waals surface area contributed by atoms with Crippen LogP contribution < -0.4 is 20.3 Å². The Hall–Kier alpha value is -2.65. The van der Waals surface area contributed by atoms with Gasteiger partial charge < -0.3 is 15.5 Å². The summed E-state index contributed by atoms with van der Waals surface area (Å²) in [5, 5.41) is 6.12. The maximum absolute atomic E-state index is 12.7. The van der Waals surface area contributed by atoms with Crippen LogP contribution in [0.5, 0.6) is 0 Å². The second kappa shape index (κ2) is 9.03. The average Bonchev–Trinajstić information content (AvgIpc) is 2.73. The molecule has 1 aromatic heterocycles. The molecule has 0 radical (unpaired) electrons. The van der Waals surface area contributed by atoms with Crippen LogP contribution in [0.4, 0.5) is 11.5 Å². The van der Waals surface area contributed by atoms with Gasteiger partial charge in [-0.2, -0.15) is 0 Å². The molecule has 1 aliphatic heterocycles. The monoisotopic (exact) mass is 403 g/mol. The molecule has 1 fully saturated rings. The molecule has 3 rings (SSSR count). The number of anilines is 2. The number of nitrogens with zero attached hydrogens (tertiary/aromatic N) is 2. The summed E-state index contributed by atoms with van der Waals surface area (Å²) in [4.78, 5) is 19.3. The second-order valence-corrected chi connectivity index (χ2v) is 8.19. The lowest BCUT2D eigenvalue weighted by molar-refractivity contribution is 0.0954. The first-order valence-corrected chi connectivity index (χ1v) is 10.8. The van der Waals surface area contributed by atoms with Crippen LogP contribution in [0.2, 0.25) is 0 Å². The molecule has 150 valence electrons. The molecule has 0 aliphatic carbocycles. The highest BCUT2D eigenvalue weighted by Gasteiger charge is 2.22. The SMILES string of the molecule is CCCNC(=O)c1cc(NS(=O)(=O)c2ccccc2)cnc1N1CCNCC1. The average molecular weight is 404 g/mol. The predicted molar refractivity (Wildman–Crippen MR) is 109 cm³/mol. The predicted octanol–water partition coefficient (Wildman–Crippen LogP) is 1.43. The normalized spacial score (nSPS) is 14.5. The fourth-order valence-electron chi connectivity index (χ4n) is 2.96. The lowest BCUT2D eigenvalue weighted by atomic mass is 10.2. The van der Waals surface area contributed by atoms with Crippen molar-refractivity contribution >= 4 is 27.4 Å². The van der Waals surface area contributed by atoms with Crippen molar-refractivity contribution in [2.24, 2.45) is 0 Å². The Morgan fingerprint density at radius 2 is 1.93 bits per heavy atom. The van der Waals surface area contributed by atoms with Gasteiger partial charge in [-0.05, 0) is 24.6 Å². The Morgan fingerprint density at radius 3 is 2.61 bits per heavy atom. The van der Waals surface area contributed by atoms with Gasteiger partial charge in [0, 0.05) is 32.7 Å². The van der Waals surface area contributed by atoms with E-state index in [0.717, 1.165) is 32.6 Å². The molecule has 0 bridgehead atoms. The van der Waals surface area contributed by atoms with Crippen molar-refractivity contribution in [3.8, 4) is 0 Å². The van der Waals surface area contributed by atoms with Gasteiger partial charge in [0.05, 0.1) is 22.3 Å². The minimum atomic E-state index is -3.76. The van der Waals surface area contributed by atoms with Gasteiger partial charge in [0.15, 0.2) is 0 Å². The first kappa shape index (κ1) is 20.1. The van der Waals surface area contributed by atoms with Crippen molar-refractivity contribution in [1.82, 2.24) is 15.6 Å². The summed E-state index contributed by atoms with van der Waals surface area (Å²) in [6.07, 6.45) is 2.26. The topological polar surface area (TPSA) is 103 Å². The van der Waals surface area contributed by atoms with E-state index in [2.05, 4.69) is 20.3 Å². The van der Waals surface area contributed by atoms with Crippen molar-refractivity contribution in [1.29, 1.82) is 0 Å². The number of benzene rings is 1. The smallest absolute Gasteiger partial charge is 0.261 e. The van der Waals surface area contributed by atoms with E-state index < -0.39 is 10.0 Å². The van der Waals surface area contributed by atoms with Gasteiger partial charge in [0.25, 0.3) is 15.9 Å². The summed E-state index contributed by atoms with van der Waals surface area (Å²) in [5.41, 5.74) is 0.619. The van der Waals surface area contributed by atoms with Crippen molar-refractivity contribution in [3.63, 3.8) is 0 Å². The summed E-state index contributed by atoms with van der Waals surface area (Å²) in [7, 11) is -3.76. The van der Waals surface area contributed by atoms with Crippen LogP contribution in [0.25, 0.3) is 0 Å². The van der Waals surface area contributed by atoms with Crippen LogP contribution in [0, 0.1) is 0 Å². The molecular weight excluding hydrogens is 378 g/mol. The van der Waals surface area contributed by atoms with Gasteiger partial charge >= 0.3 is 0 Å². The Labute approximate surface area is 165 Å². The molecule has 8 nitrogen and oxygen atoms in total. The molecule has 2 heterocycles. The lowest BCUT2D eigenvalue weighted by Gasteiger charge is -2.30. The molecule has 0 spiro atoms. The van der Waals surface area contributed by atoms with Gasteiger partial charge in [-0.1, -0.05) is 25.1 Å². The molecule has 0 saturated carbocycles. The van der Waals surface area contributed by atoms with E-state index in [-0.39, 0.29) is 16.5 Å². The number of piperazine rings is 1. The quantitative estimate of drug-likeness (QED) is 0.646. The summed E-state index contributed by atoms with van der Waals surface area (Å²) < 4.78 is 27.7. The molecule has 0 unspecified atom stereocenters. The third-order valence-corrected chi connectivity index (χ3v) is 5.77. The number of aromatic nitrogens is 1. The van der Waals surface area contributed by atoms with Crippen LogP contribution in [0.1, 0.15) is 23.7 Å². The lowest BCUT2D eigenvalue weighted by Crippen LogP contribution is -2.44. The number of pyridine rings is 1. The van der Waals surface area contributed by atoms with Gasteiger partial charge in [-0.15, -0.1) is 0 Å². The molecule has 1 saturated heterocycles. The zero-order valence-electron chi connectivity index (χ0n) is 15.8. The summed E-state index contributed by atoms with van der Waals surface area (Å²) >= 11 is 0. The highest BCUT2D eigenvalue weighted by atomic mass is 32.2. The van der Waals surface area contributed by atoms with Crippen molar-refractivity contribution in [2.45, 2.75) is 18.2 Å². The zero-order chi connectivity index (χ0) is 20.0. The van der Waals surface area contributed by atoms with E-state index in [1.807, 2.05) is 11.8 Å². The van der Waals surface area contributed by atoms with Crippen LogP contribution in [-0.2, 0) is 10.0 Å². The third kappa shape index (κ3) is 4.79. The molecule has 28 heavy (non-hydrogen) atoms. The van der Waals surface area contributed by atoms with E-state index >= 15 is 0 Å². The molecule has 0 atom stereocenters. The van der Waals surface area contributed by atoms with E-state index in [1.165, 1.54) is 18.3 Å². The summed E-state index contributed by atoms with van der Waals surface area (Å²) in [6, 6.07) is 9.64. The second-order valence-electron chi connectivity index (χ2n) is 6.51. The fourth-order valence-corrected chi connectivity index (χ4v) is 4.01. The van der Waals surface area contributed by atoms with Gasteiger partial charge in [0.1, 0.15) is 5.82 Å². The number of sulfonamides is 1. The number of rotatable bonds is 7. The molecule has 9 heteroatoms. The van der Waals surface area contributed by atoms with Crippen LogP contribution in [0.15, 0.2) is 47.5 Å². The van der Waals surface area contributed by atoms with Crippen molar-refractivity contribution < 1.29 is 13.2 Å². The molecule has 1 amide bonds. The molecule has 2 aromatic rings. The van der Waals surface area contributed by atoms with E-state index in [4.69, 9.17) is 0 Å². The Kier molecular flexibility index (Phi) is 6.48. The van der Waals surface area contributed by atoms with Crippen LogP contribution >= 0.6 is 0 Å². The number of hydrogen-bond acceptors (Lipinski definition) is 6. The Balaban J connectivity index is 1.91. The summed E-state index contributed by atoms with van der Waals surface area (Å²) in [6.45, 7) is 5.59. The molecule has 3 N–H and O–H groups in total. The van der Waals surface area contributed by atoms with Crippen LogP contribution in [0.3, 0.4) is 0 Å².